The second-order valence-electron chi connectivity index (χ2n) is 4.43. The maximum Gasteiger partial charge on any atom is 0.215 e. The summed E-state index contributed by atoms with van der Waals surface area (Å²) in [7, 11) is 0. The molecule has 0 amide bonds. The highest BCUT2D eigenvalue weighted by molar-refractivity contribution is 5.85. The molecule has 0 radical (unpaired) electrons. The van der Waals surface area contributed by atoms with Crippen molar-refractivity contribution in [3.8, 4) is 0 Å². The van der Waals surface area contributed by atoms with Crippen molar-refractivity contribution in [1.82, 2.24) is 24.9 Å². The minimum atomic E-state index is -0.253. The molecule has 0 aliphatic carbocycles. The molecule has 0 saturated heterocycles. The summed E-state index contributed by atoms with van der Waals surface area (Å²) in [5.41, 5.74) is 1.72. The molecular formula is C13H21ClFN5. The molecule has 0 aliphatic rings. The van der Waals surface area contributed by atoms with Crippen LogP contribution < -0.4 is 5.32 Å². The molecule has 0 unspecified atom stereocenters. The van der Waals surface area contributed by atoms with E-state index in [0.29, 0.717) is 25.2 Å². The summed E-state index contributed by atoms with van der Waals surface area (Å²) in [6.45, 7) is 6.60. The van der Waals surface area contributed by atoms with Crippen molar-refractivity contribution in [3.05, 3.63) is 35.7 Å². The number of nitrogens with one attached hydrogen (secondary N) is 1. The average Bonchev–Trinajstić information content (AvgIpc) is 2.98. The van der Waals surface area contributed by atoms with Crippen LogP contribution in [0.15, 0.2) is 18.5 Å². The Morgan fingerprint density at radius 1 is 1.20 bits per heavy atom. The first-order valence-electron chi connectivity index (χ1n) is 6.67. The molecule has 0 aliphatic heterocycles. The second-order valence-corrected chi connectivity index (χ2v) is 4.43. The highest BCUT2D eigenvalue weighted by Crippen LogP contribution is 2.07. The van der Waals surface area contributed by atoms with Gasteiger partial charge in [-0.05, 0) is 19.4 Å². The van der Waals surface area contributed by atoms with E-state index < -0.39 is 0 Å². The fourth-order valence-electron chi connectivity index (χ4n) is 2.00. The summed E-state index contributed by atoms with van der Waals surface area (Å²) in [6, 6.07) is 1.98. The van der Waals surface area contributed by atoms with Crippen LogP contribution in [0.1, 0.15) is 31.5 Å². The fraction of sp³-hybridized carbons (Fsp3) is 0.538. The molecule has 112 valence electrons. The highest BCUT2D eigenvalue weighted by Gasteiger charge is 2.09. The van der Waals surface area contributed by atoms with Crippen molar-refractivity contribution in [2.24, 2.45) is 0 Å². The van der Waals surface area contributed by atoms with Crippen molar-refractivity contribution >= 4 is 12.4 Å². The van der Waals surface area contributed by atoms with E-state index in [4.69, 9.17) is 0 Å². The SMILES string of the molecule is CCCn1nccc1CNCc1cnn(CC)c1F.Cl. The van der Waals surface area contributed by atoms with Gasteiger partial charge in [0.25, 0.3) is 0 Å². The quantitative estimate of drug-likeness (QED) is 0.854. The normalized spacial score (nSPS) is 10.6. The second kappa shape index (κ2) is 8.01. The zero-order valence-electron chi connectivity index (χ0n) is 11.8. The number of nitrogens with zero attached hydrogens (tertiary/aromatic N) is 4. The van der Waals surface area contributed by atoms with Crippen molar-refractivity contribution in [2.75, 3.05) is 0 Å². The third-order valence-electron chi connectivity index (χ3n) is 3.01. The van der Waals surface area contributed by atoms with Crippen molar-refractivity contribution in [3.63, 3.8) is 0 Å². The summed E-state index contributed by atoms with van der Waals surface area (Å²) >= 11 is 0. The van der Waals surface area contributed by atoms with Crippen LogP contribution in [-0.2, 0) is 26.2 Å². The van der Waals surface area contributed by atoms with Gasteiger partial charge < -0.3 is 5.32 Å². The maximum atomic E-state index is 13.7. The van der Waals surface area contributed by atoms with Crippen LogP contribution in [0.5, 0.6) is 0 Å². The Balaban J connectivity index is 0.00000200. The standard InChI is InChI=1S/C13H20FN5.ClH/c1-3-7-19-12(5-6-16-19)10-15-8-11-9-17-18(4-2)13(11)14;/h5-6,9,15H,3-4,7-8,10H2,1-2H3;1H. The molecule has 2 heterocycles. The summed E-state index contributed by atoms with van der Waals surface area (Å²) < 4.78 is 17.1. The molecule has 7 heteroatoms. The van der Waals surface area contributed by atoms with Crippen LogP contribution in [0.3, 0.4) is 0 Å². The molecule has 0 saturated carbocycles. The number of hydrogen-bond donors (Lipinski definition) is 1. The van der Waals surface area contributed by atoms with Crippen LogP contribution >= 0.6 is 12.4 Å². The monoisotopic (exact) mass is 301 g/mol. The zero-order chi connectivity index (χ0) is 13.7. The first-order chi connectivity index (χ1) is 9.26. The first-order valence-corrected chi connectivity index (χ1v) is 6.67. The van der Waals surface area contributed by atoms with Gasteiger partial charge in [0.05, 0.1) is 11.9 Å². The Morgan fingerprint density at radius 2 is 2.00 bits per heavy atom. The summed E-state index contributed by atoms with van der Waals surface area (Å²) in [6.07, 6.45) is 4.42. The number of halogens is 2. The van der Waals surface area contributed by atoms with Crippen LogP contribution in [-0.4, -0.2) is 19.6 Å². The van der Waals surface area contributed by atoms with Gasteiger partial charge in [-0.1, -0.05) is 6.92 Å². The molecule has 0 bridgehead atoms. The van der Waals surface area contributed by atoms with Crippen LogP contribution in [0.4, 0.5) is 4.39 Å². The largest absolute Gasteiger partial charge is 0.307 e. The highest BCUT2D eigenvalue weighted by atomic mass is 35.5. The van der Waals surface area contributed by atoms with E-state index in [1.807, 2.05) is 17.7 Å². The molecule has 1 N–H and O–H groups in total. The van der Waals surface area contributed by atoms with Gasteiger partial charge in [0.15, 0.2) is 0 Å². The first kappa shape index (κ1) is 16.7. The number of aryl methyl sites for hydroxylation is 2. The van der Waals surface area contributed by atoms with Gasteiger partial charge in [-0.15, -0.1) is 12.4 Å². The number of aromatic nitrogens is 4. The summed E-state index contributed by atoms with van der Waals surface area (Å²) in [5.74, 6) is -0.253. The Hall–Kier alpha value is -1.40. The Bertz CT molecular complexity index is 523. The zero-order valence-corrected chi connectivity index (χ0v) is 12.7. The van der Waals surface area contributed by atoms with Crippen LogP contribution in [0.25, 0.3) is 0 Å². The topological polar surface area (TPSA) is 47.7 Å². The predicted molar refractivity (Wildman–Crippen MR) is 78.2 cm³/mol. The molecule has 0 fully saturated rings. The molecule has 0 atom stereocenters. The van der Waals surface area contributed by atoms with Gasteiger partial charge in [0.2, 0.25) is 5.95 Å². The third kappa shape index (κ3) is 3.80. The van der Waals surface area contributed by atoms with E-state index in [1.165, 1.54) is 4.68 Å². The van der Waals surface area contributed by atoms with Crippen LogP contribution in [0, 0.1) is 5.95 Å². The molecule has 0 spiro atoms. The lowest BCUT2D eigenvalue weighted by Gasteiger charge is -2.07. The molecule has 0 aromatic carbocycles. The predicted octanol–water partition coefficient (Wildman–Crippen LogP) is 2.36. The van der Waals surface area contributed by atoms with Gasteiger partial charge >= 0.3 is 0 Å². The van der Waals surface area contributed by atoms with E-state index in [1.54, 1.807) is 12.4 Å². The van der Waals surface area contributed by atoms with Crippen molar-refractivity contribution < 1.29 is 4.39 Å². The molecule has 20 heavy (non-hydrogen) atoms. The van der Waals surface area contributed by atoms with Gasteiger partial charge in [0.1, 0.15) is 0 Å². The van der Waals surface area contributed by atoms with Crippen LogP contribution in [0.2, 0.25) is 0 Å². The number of rotatable bonds is 7. The lowest BCUT2D eigenvalue weighted by atomic mass is 10.3. The average molecular weight is 302 g/mol. The van der Waals surface area contributed by atoms with Gasteiger partial charge in [-0.3, -0.25) is 4.68 Å². The maximum absolute atomic E-state index is 13.7. The van der Waals surface area contributed by atoms with Crippen molar-refractivity contribution in [1.29, 1.82) is 0 Å². The van der Waals surface area contributed by atoms with E-state index >= 15 is 0 Å². The van der Waals surface area contributed by atoms with Gasteiger partial charge in [-0.2, -0.15) is 14.6 Å². The molecule has 2 aromatic heterocycles. The molecule has 2 aromatic rings. The Labute approximate surface area is 124 Å². The van der Waals surface area contributed by atoms with E-state index in [-0.39, 0.29) is 18.4 Å². The minimum absolute atomic E-state index is 0. The third-order valence-corrected chi connectivity index (χ3v) is 3.01. The fourth-order valence-corrected chi connectivity index (χ4v) is 2.00. The summed E-state index contributed by atoms with van der Waals surface area (Å²) in [4.78, 5) is 0. The van der Waals surface area contributed by atoms with E-state index in [0.717, 1.165) is 18.7 Å². The number of hydrogen-bond acceptors (Lipinski definition) is 3. The smallest absolute Gasteiger partial charge is 0.215 e. The molecule has 2 rings (SSSR count). The lowest BCUT2D eigenvalue weighted by molar-refractivity contribution is 0.459. The van der Waals surface area contributed by atoms with E-state index in [9.17, 15) is 4.39 Å². The molecule has 5 nitrogen and oxygen atoms in total. The summed E-state index contributed by atoms with van der Waals surface area (Å²) in [5, 5.41) is 11.5. The minimum Gasteiger partial charge on any atom is -0.307 e. The lowest BCUT2D eigenvalue weighted by Crippen LogP contribution is -2.17. The Kier molecular flexibility index (Phi) is 6.67. The van der Waals surface area contributed by atoms with Crippen molar-refractivity contribution in [2.45, 2.75) is 46.4 Å². The van der Waals surface area contributed by atoms with E-state index in [2.05, 4.69) is 22.4 Å². The van der Waals surface area contributed by atoms with Gasteiger partial charge in [-0.25, -0.2) is 4.68 Å². The molecular weight excluding hydrogens is 281 g/mol. The Morgan fingerprint density at radius 3 is 2.65 bits per heavy atom. The van der Waals surface area contributed by atoms with Gasteiger partial charge in [0, 0.05) is 37.9 Å².